The molecular formula is C8H14F3NS. The fourth-order valence-electron chi connectivity index (χ4n) is 1.44. The second kappa shape index (κ2) is 4.55. The second-order valence-electron chi connectivity index (χ2n) is 3.32. The highest BCUT2D eigenvalue weighted by atomic mass is 32.2. The van der Waals surface area contributed by atoms with Crippen LogP contribution in [0.5, 0.6) is 0 Å². The molecule has 0 spiro atoms. The van der Waals surface area contributed by atoms with Crippen molar-refractivity contribution in [3.05, 3.63) is 0 Å². The summed E-state index contributed by atoms with van der Waals surface area (Å²) in [5.41, 5.74) is 0. The number of halogens is 3. The molecule has 0 aromatic carbocycles. The lowest BCUT2D eigenvalue weighted by atomic mass is 10.1. The fourth-order valence-corrected chi connectivity index (χ4v) is 2.61. The highest BCUT2D eigenvalue weighted by Gasteiger charge is 2.30. The number of nitrogens with one attached hydrogen (secondary N) is 1. The molecule has 0 amide bonds. The van der Waals surface area contributed by atoms with Gasteiger partial charge in [0, 0.05) is 11.3 Å². The maximum atomic E-state index is 11.9. The minimum atomic E-state index is -4.08. The third kappa shape index (κ3) is 4.22. The Balaban J connectivity index is 2.27. The van der Waals surface area contributed by atoms with Crippen LogP contribution in [0.25, 0.3) is 0 Å². The lowest BCUT2D eigenvalue weighted by Crippen LogP contribution is -2.43. The van der Waals surface area contributed by atoms with E-state index in [1.54, 1.807) is 11.8 Å². The van der Waals surface area contributed by atoms with Gasteiger partial charge in [0.2, 0.25) is 0 Å². The Kier molecular flexibility index (Phi) is 3.91. The topological polar surface area (TPSA) is 12.0 Å². The van der Waals surface area contributed by atoms with E-state index >= 15 is 0 Å². The van der Waals surface area contributed by atoms with Gasteiger partial charge in [0.25, 0.3) is 0 Å². The van der Waals surface area contributed by atoms with Crippen molar-refractivity contribution < 1.29 is 13.2 Å². The molecule has 1 rings (SSSR count). The molecule has 78 valence electrons. The molecule has 0 aromatic heterocycles. The van der Waals surface area contributed by atoms with Gasteiger partial charge in [0.1, 0.15) is 0 Å². The van der Waals surface area contributed by atoms with Crippen LogP contribution in [0.1, 0.15) is 19.8 Å². The first-order valence-corrected chi connectivity index (χ1v) is 5.45. The average Bonchev–Trinajstić information content (AvgIpc) is 2.01. The van der Waals surface area contributed by atoms with Crippen molar-refractivity contribution >= 4 is 11.8 Å². The standard InChI is InChI=1S/C8H14F3NS/c1-6-7(3-2-4-13-6)12-5-8(9,10)11/h6-7,12H,2-5H2,1H3. The molecule has 2 unspecified atom stereocenters. The molecule has 0 bridgehead atoms. The maximum absolute atomic E-state index is 11.9. The maximum Gasteiger partial charge on any atom is 0.401 e. The molecule has 0 aliphatic carbocycles. The summed E-state index contributed by atoms with van der Waals surface area (Å²) >= 11 is 1.75. The van der Waals surface area contributed by atoms with E-state index in [0.29, 0.717) is 5.25 Å². The van der Waals surface area contributed by atoms with Gasteiger partial charge in [0.15, 0.2) is 0 Å². The van der Waals surface area contributed by atoms with Gasteiger partial charge >= 0.3 is 6.18 Å². The zero-order valence-electron chi connectivity index (χ0n) is 7.53. The number of thioether (sulfide) groups is 1. The number of alkyl halides is 3. The van der Waals surface area contributed by atoms with E-state index in [9.17, 15) is 13.2 Å². The number of hydrogen-bond acceptors (Lipinski definition) is 2. The molecule has 13 heavy (non-hydrogen) atoms. The highest BCUT2D eigenvalue weighted by molar-refractivity contribution is 7.99. The molecule has 0 saturated carbocycles. The Morgan fingerprint density at radius 2 is 2.15 bits per heavy atom. The van der Waals surface area contributed by atoms with E-state index < -0.39 is 12.7 Å². The minimum Gasteiger partial charge on any atom is -0.305 e. The number of rotatable bonds is 2. The van der Waals surface area contributed by atoms with Crippen LogP contribution in [-0.2, 0) is 0 Å². The molecule has 2 atom stereocenters. The smallest absolute Gasteiger partial charge is 0.305 e. The molecule has 0 aromatic rings. The quantitative estimate of drug-likeness (QED) is 0.756. The molecule has 1 aliphatic rings. The third-order valence-electron chi connectivity index (χ3n) is 2.17. The van der Waals surface area contributed by atoms with Gasteiger partial charge in [-0.3, -0.25) is 0 Å². The van der Waals surface area contributed by atoms with Gasteiger partial charge in [0.05, 0.1) is 6.54 Å². The Morgan fingerprint density at radius 1 is 1.46 bits per heavy atom. The van der Waals surface area contributed by atoms with Crippen molar-refractivity contribution in [2.45, 2.75) is 37.2 Å². The largest absolute Gasteiger partial charge is 0.401 e. The molecule has 5 heteroatoms. The summed E-state index contributed by atoms with van der Waals surface area (Å²) in [6.07, 6.45) is -2.20. The van der Waals surface area contributed by atoms with Crippen molar-refractivity contribution in [1.29, 1.82) is 0 Å². The summed E-state index contributed by atoms with van der Waals surface area (Å²) in [6, 6.07) is 0.0281. The first-order chi connectivity index (χ1) is 5.99. The van der Waals surface area contributed by atoms with E-state index in [4.69, 9.17) is 0 Å². The van der Waals surface area contributed by atoms with Crippen LogP contribution < -0.4 is 5.32 Å². The van der Waals surface area contributed by atoms with Crippen LogP contribution in [0.4, 0.5) is 13.2 Å². The van der Waals surface area contributed by atoms with E-state index in [1.807, 2.05) is 6.92 Å². The normalized spacial score (nSPS) is 30.5. The van der Waals surface area contributed by atoms with Crippen molar-refractivity contribution in [3.63, 3.8) is 0 Å². The summed E-state index contributed by atoms with van der Waals surface area (Å²) in [5, 5.41) is 2.87. The summed E-state index contributed by atoms with van der Waals surface area (Å²) in [4.78, 5) is 0. The zero-order chi connectivity index (χ0) is 9.90. The highest BCUT2D eigenvalue weighted by Crippen LogP contribution is 2.25. The van der Waals surface area contributed by atoms with E-state index in [0.717, 1.165) is 18.6 Å². The van der Waals surface area contributed by atoms with Crippen LogP contribution in [-0.4, -0.2) is 29.8 Å². The van der Waals surface area contributed by atoms with E-state index in [1.165, 1.54) is 0 Å². The van der Waals surface area contributed by atoms with E-state index in [-0.39, 0.29) is 6.04 Å². The van der Waals surface area contributed by atoms with Crippen LogP contribution in [0.2, 0.25) is 0 Å². The summed E-state index contributed by atoms with van der Waals surface area (Å²) in [7, 11) is 0. The fraction of sp³-hybridized carbons (Fsp3) is 1.00. The molecule has 1 N–H and O–H groups in total. The molecule has 1 nitrogen and oxygen atoms in total. The summed E-state index contributed by atoms with van der Waals surface area (Å²) in [6.45, 7) is 1.13. The SMILES string of the molecule is CC1SCCCC1NCC(F)(F)F. The molecule has 1 heterocycles. The van der Waals surface area contributed by atoms with Gasteiger partial charge in [-0.05, 0) is 18.6 Å². The van der Waals surface area contributed by atoms with Crippen LogP contribution in [0.15, 0.2) is 0 Å². The molecule has 1 saturated heterocycles. The minimum absolute atomic E-state index is 0.0281. The third-order valence-corrected chi connectivity index (χ3v) is 3.55. The number of hydrogen-bond donors (Lipinski definition) is 1. The monoisotopic (exact) mass is 213 g/mol. The van der Waals surface area contributed by atoms with Gasteiger partial charge in [-0.15, -0.1) is 0 Å². The summed E-state index contributed by atoms with van der Waals surface area (Å²) < 4.78 is 35.6. The van der Waals surface area contributed by atoms with Crippen molar-refractivity contribution in [2.75, 3.05) is 12.3 Å². The van der Waals surface area contributed by atoms with Crippen LogP contribution >= 0.6 is 11.8 Å². The lowest BCUT2D eigenvalue weighted by Gasteiger charge is -2.29. The zero-order valence-corrected chi connectivity index (χ0v) is 8.34. The van der Waals surface area contributed by atoms with Crippen molar-refractivity contribution in [1.82, 2.24) is 5.32 Å². The molecule has 0 radical (unpaired) electrons. The van der Waals surface area contributed by atoms with Crippen molar-refractivity contribution in [3.8, 4) is 0 Å². The Labute approximate surface area is 80.5 Å². The van der Waals surface area contributed by atoms with E-state index in [2.05, 4.69) is 5.32 Å². The second-order valence-corrected chi connectivity index (χ2v) is 4.81. The average molecular weight is 213 g/mol. The summed E-state index contributed by atoms with van der Waals surface area (Å²) in [5.74, 6) is 1.07. The Bertz CT molecular complexity index is 160. The van der Waals surface area contributed by atoms with Gasteiger partial charge < -0.3 is 5.32 Å². The van der Waals surface area contributed by atoms with Crippen LogP contribution in [0, 0.1) is 0 Å². The Morgan fingerprint density at radius 3 is 2.69 bits per heavy atom. The van der Waals surface area contributed by atoms with Crippen molar-refractivity contribution in [2.24, 2.45) is 0 Å². The predicted octanol–water partition coefficient (Wildman–Crippen LogP) is 2.42. The van der Waals surface area contributed by atoms with Crippen LogP contribution in [0.3, 0.4) is 0 Å². The first-order valence-electron chi connectivity index (χ1n) is 4.41. The molecular weight excluding hydrogens is 199 g/mol. The van der Waals surface area contributed by atoms with Gasteiger partial charge in [-0.1, -0.05) is 6.92 Å². The van der Waals surface area contributed by atoms with Gasteiger partial charge in [-0.2, -0.15) is 24.9 Å². The first kappa shape index (κ1) is 11.2. The molecule has 1 aliphatic heterocycles. The van der Waals surface area contributed by atoms with Gasteiger partial charge in [-0.25, -0.2) is 0 Å². The Hall–Kier alpha value is 0.100. The lowest BCUT2D eigenvalue weighted by molar-refractivity contribution is -0.126. The molecule has 1 fully saturated rings. The predicted molar refractivity (Wildman–Crippen MR) is 49.0 cm³/mol.